The summed E-state index contributed by atoms with van der Waals surface area (Å²) in [5, 5.41) is 9.60. The van der Waals surface area contributed by atoms with Crippen LogP contribution in [0.3, 0.4) is 0 Å². The Hall–Kier alpha value is -2.81. The van der Waals surface area contributed by atoms with Gasteiger partial charge in [-0.25, -0.2) is 13.6 Å². The molecule has 1 aromatic heterocycles. The van der Waals surface area contributed by atoms with Crippen molar-refractivity contribution in [1.82, 2.24) is 19.7 Å². The number of aliphatic imine (C=N–C) groups is 1. The smallest absolute Gasteiger partial charge is 0.411 e. The molecule has 2 aromatic rings. The van der Waals surface area contributed by atoms with Gasteiger partial charge in [0.1, 0.15) is 23.4 Å². The van der Waals surface area contributed by atoms with E-state index < -0.39 is 29.7 Å². The molecule has 1 saturated carbocycles. The minimum absolute atomic E-state index is 0.0529. The van der Waals surface area contributed by atoms with Crippen LogP contribution in [-0.2, 0) is 17.8 Å². The zero-order valence-corrected chi connectivity index (χ0v) is 21.4. The van der Waals surface area contributed by atoms with E-state index in [1.807, 2.05) is 43.5 Å². The molecular weight excluding hydrogens is 488 g/mol. The van der Waals surface area contributed by atoms with E-state index in [9.17, 15) is 13.6 Å². The number of hydrogen-bond acceptors (Lipinski definition) is 5. The van der Waals surface area contributed by atoms with Crippen LogP contribution >= 0.6 is 11.6 Å². The Morgan fingerprint density at radius 1 is 1.14 bits per heavy atom. The van der Waals surface area contributed by atoms with Crippen molar-refractivity contribution < 1.29 is 18.3 Å². The van der Waals surface area contributed by atoms with Crippen LogP contribution in [0.1, 0.15) is 69.6 Å². The second kappa shape index (κ2) is 9.57. The van der Waals surface area contributed by atoms with Crippen molar-refractivity contribution in [1.29, 1.82) is 0 Å². The molecule has 0 radical (unpaired) electrons. The van der Waals surface area contributed by atoms with Gasteiger partial charge in [0.05, 0.1) is 31.0 Å². The highest BCUT2D eigenvalue weighted by Gasteiger charge is 2.37. The van der Waals surface area contributed by atoms with Crippen LogP contribution in [0.5, 0.6) is 0 Å². The first kappa shape index (κ1) is 24.9. The third kappa shape index (κ3) is 5.03. The Kier molecular flexibility index (Phi) is 6.61. The molecule has 1 aliphatic carbocycles. The van der Waals surface area contributed by atoms with Gasteiger partial charge in [0.15, 0.2) is 5.82 Å². The van der Waals surface area contributed by atoms with Gasteiger partial charge in [-0.05, 0) is 82.2 Å². The number of fused-ring (bicyclic) bond motifs is 3. The number of amides is 1. The van der Waals surface area contributed by atoms with Crippen molar-refractivity contribution in [2.45, 2.75) is 83.3 Å². The first-order valence-electron chi connectivity index (χ1n) is 12.3. The van der Waals surface area contributed by atoms with E-state index in [1.54, 1.807) is 4.90 Å². The molecule has 2 unspecified atom stereocenters. The largest absolute Gasteiger partial charge is 0.444 e. The summed E-state index contributed by atoms with van der Waals surface area (Å²) in [6.07, 6.45) is 3.45. The third-order valence-corrected chi connectivity index (χ3v) is 7.25. The summed E-state index contributed by atoms with van der Waals surface area (Å²) in [5.41, 5.74) is 1.15. The SMILES string of the molecule is CC(C)(C)OC(=O)N1Cc2cc(Cl)ccc2-n2c(nnc2[C@H]2CC[C@H](C3N=CC(F)=CC3F)CC2)C1. The van der Waals surface area contributed by atoms with E-state index in [0.717, 1.165) is 55.0 Å². The Labute approximate surface area is 214 Å². The van der Waals surface area contributed by atoms with Crippen LogP contribution in [0.15, 0.2) is 35.1 Å². The normalized spacial score (nSPS) is 26.1. The van der Waals surface area contributed by atoms with Crippen LogP contribution in [0.2, 0.25) is 5.02 Å². The summed E-state index contributed by atoms with van der Waals surface area (Å²) in [7, 11) is 0. The van der Waals surface area contributed by atoms with Gasteiger partial charge in [-0.1, -0.05) is 11.6 Å². The van der Waals surface area contributed by atoms with Crippen LogP contribution in [0.25, 0.3) is 5.69 Å². The monoisotopic (exact) mass is 517 g/mol. The van der Waals surface area contributed by atoms with E-state index >= 15 is 0 Å². The van der Waals surface area contributed by atoms with Gasteiger partial charge in [-0.3, -0.25) is 14.5 Å². The number of ether oxygens (including phenoxy) is 1. The Morgan fingerprint density at radius 3 is 2.58 bits per heavy atom. The Balaban J connectivity index is 1.40. The standard InChI is InChI=1S/C26H30ClF2N5O2/c1-26(2,3)36-25(35)33-13-17-10-18(27)8-9-21(17)34-22(14-33)31-32-24(34)16-6-4-15(5-7-16)23-20(29)11-19(28)12-30-23/h8-12,15-16,20,23H,4-7,13-14H2,1-3H3/t15-,16-,20?,23?. The number of dihydropyridines is 1. The lowest BCUT2D eigenvalue weighted by molar-refractivity contribution is 0.0214. The number of carbonyl (C=O) groups is 1. The van der Waals surface area contributed by atoms with Crippen LogP contribution in [0.4, 0.5) is 13.6 Å². The van der Waals surface area contributed by atoms with E-state index in [-0.39, 0.29) is 18.4 Å². The second-order valence-corrected chi connectivity index (χ2v) is 11.2. The fourth-order valence-corrected chi connectivity index (χ4v) is 5.57. The molecule has 0 saturated heterocycles. The number of aromatic nitrogens is 3. The van der Waals surface area contributed by atoms with Gasteiger partial charge in [-0.2, -0.15) is 0 Å². The molecule has 0 N–H and O–H groups in total. The molecule has 1 aromatic carbocycles. The molecule has 10 heteroatoms. The first-order valence-corrected chi connectivity index (χ1v) is 12.7. The zero-order chi connectivity index (χ0) is 25.6. The number of nitrogens with zero attached hydrogens (tertiary/aromatic N) is 5. The molecule has 0 spiro atoms. The lowest BCUT2D eigenvalue weighted by Crippen LogP contribution is -2.35. The van der Waals surface area contributed by atoms with E-state index in [4.69, 9.17) is 16.3 Å². The molecule has 192 valence electrons. The van der Waals surface area contributed by atoms with Gasteiger partial charge in [0.25, 0.3) is 0 Å². The van der Waals surface area contributed by atoms with E-state index in [1.165, 1.54) is 0 Å². The lowest BCUT2D eigenvalue weighted by Gasteiger charge is -2.33. The minimum atomic E-state index is -1.39. The Morgan fingerprint density at radius 2 is 1.89 bits per heavy atom. The third-order valence-electron chi connectivity index (χ3n) is 7.02. The van der Waals surface area contributed by atoms with Crippen molar-refractivity contribution in [2.75, 3.05) is 0 Å². The fraction of sp³-hybridized carbons (Fsp3) is 0.538. The van der Waals surface area contributed by atoms with Crippen molar-refractivity contribution in [3.05, 3.63) is 52.3 Å². The number of halogens is 3. The number of hydrogen-bond donors (Lipinski definition) is 0. The van der Waals surface area contributed by atoms with E-state index in [2.05, 4.69) is 15.2 Å². The molecule has 3 aliphatic rings. The van der Waals surface area contributed by atoms with Crippen molar-refractivity contribution in [3.63, 3.8) is 0 Å². The molecule has 0 bridgehead atoms. The molecule has 5 rings (SSSR count). The average molecular weight is 518 g/mol. The molecule has 1 amide bonds. The number of carbonyl (C=O) groups excluding carboxylic acids is 1. The molecular formula is C26H30ClF2N5O2. The van der Waals surface area contributed by atoms with Gasteiger partial charge in [0.2, 0.25) is 0 Å². The highest BCUT2D eigenvalue weighted by molar-refractivity contribution is 6.30. The fourth-order valence-electron chi connectivity index (χ4n) is 5.38. The molecule has 2 atom stereocenters. The summed E-state index contributed by atoms with van der Waals surface area (Å²) in [5.74, 6) is 1.04. The maximum atomic E-state index is 14.4. The molecule has 7 nitrogen and oxygen atoms in total. The molecule has 36 heavy (non-hydrogen) atoms. The molecule has 1 fully saturated rings. The van der Waals surface area contributed by atoms with E-state index in [0.29, 0.717) is 17.4 Å². The van der Waals surface area contributed by atoms with Crippen molar-refractivity contribution >= 4 is 23.9 Å². The zero-order valence-electron chi connectivity index (χ0n) is 20.6. The van der Waals surface area contributed by atoms with Gasteiger partial charge >= 0.3 is 6.09 Å². The first-order chi connectivity index (χ1) is 17.1. The summed E-state index contributed by atoms with van der Waals surface area (Å²) >= 11 is 6.32. The van der Waals surface area contributed by atoms with Crippen molar-refractivity contribution in [3.8, 4) is 5.69 Å². The highest BCUT2D eigenvalue weighted by Crippen LogP contribution is 2.41. The van der Waals surface area contributed by atoms with Crippen LogP contribution < -0.4 is 0 Å². The maximum Gasteiger partial charge on any atom is 0.411 e. The quantitative estimate of drug-likeness (QED) is 0.483. The van der Waals surface area contributed by atoms with Crippen LogP contribution in [0, 0.1) is 5.92 Å². The minimum Gasteiger partial charge on any atom is -0.444 e. The predicted molar refractivity (Wildman–Crippen MR) is 133 cm³/mol. The number of alkyl halides is 1. The number of rotatable bonds is 2. The summed E-state index contributed by atoms with van der Waals surface area (Å²) in [6.45, 7) is 6.09. The molecule has 3 heterocycles. The number of allylic oxidation sites excluding steroid dienone is 1. The van der Waals surface area contributed by atoms with Gasteiger partial charge in [-0.15, -0.1) is 10.2 Å². The summed E-state index contributed by atoms with van der Waals surface area (Å²) in [4.78, 5) is 18.7. The van der Waals surface area contributed by atoms with Gasteiger partial charge in [0, 0.05) is 10.9 Å². The van der Waals surface area contributed by atoms with Crippen molar-refractivity contribution in [2.24, 2.45) is 10.9 Å². The predicted octanol–water partition coefficient (Wildman–Crippen LogP) is 6.09. The molecule has 2 aliphatic heterocycles. The van der Waals surface area contributed by atoms with Gasteiger partial charge < -0.3 is 4.74 Å². The Bertz CT molecular complexity index is 1210. The number of benzene rings is 1. The second-order valence-electron chi connectivity index (χ2n) is 10.8. The summed E-state index contributed by atoms with van der Waals surface area (Å²) in [6, 6.07) is 5.08. The topological polar surface area (TPSA) is 72.6 Å². The lowest BCUT2D eigenvalue weighted by atomic mass is 9.76. The summed E-state index contributed by atoms with van der Waals surface area (Å²) < 4.78 is 35.4. The highest BCUT2D eigenvalue weighted by atomic mass is 35.5. The van der Waals surface area contributed by atoms with Crippen LogP contribution in [-0.4, -0.2) is 49.8 Å². The maximum absolute atomic E-state index is 14.4. The average Bonchev–Trinajstić information content (AvgIpc) is 3.14.